The third kappa shape index (κ3) is 3.38. The summed E-state index contributed by atoms with van der Waals surface area (Å²) < 4.78 is 11.1. The minimum Gasteiger partial charge on any atom is -0.497 e. The summed E-state index contributed by atoms with van der Waals surface area (Å²) in [7, 11) is 3.40. The van der Waals surface area contributed by atoms with Crippen LogP contribution in [0.5, 0.6) is 11.5 Å². The van der Waals surface area contributed by atoms with Crippen LogP contribution in [0.15, 0.2) is 48.5 Å². The number of methoxy groups -OCH3 is 2. The van der Waals surface area contributed by atoms with Crippen LogP contribution < -0.4 is 14.4 Å². The van der Waals surface area contributed by atoms with Gasteiger partial charge in [0.25, 0.3) is 0 Å². The molecule has 0 bridgehead atoms. The van der Waals surface area contributed by atoms with Gasteiger partial charge >= 0.3 is 0 Å². The van der Waals surface area contributed by atoms with Crippen LogP contribution in [0.25, 0.3) is 22.0 Å². The predicted octanol–water partition coefficient (Wildman–Crippen LogP) is 4.06. The molecule has 1 aromatic heterocycles. The fourth-order valence-corrected chi connectivity index (χ4v) is 3.89. The van der Waals surface area contributed by atoms with E-state index in [-0.39, 0.29) is 0 Å². The average Bonchev–Trinajstić information content (AvgIpc) is 2.78. The number of aromatic nitrogens is 1. The van der Waals surface area contributed by atoms with Crippen LogP contribution in [0.2, 0.25) is 0 Å². The molecule has 1 aliphatic heterocycles. The number of piperazine rings is 1. The zero-order valence-corrected chi connectivity index (χ0v) is 16.8. The zero-order chi connectivity index (χ0) is 19.5. The van der Waals surface area contributed by atoms with Crippen molar-refractivity contribution in [2.45, 2.75) is 6.92 Å². The molecular formula is C23H27N3O2. The SMILES string of the molecule is CCN1CCN(c2nc(-c3ccc(OC)cc3)c(OC)c3ccccc23)CC1. The summed E-state index contributed by atoms with van der Waals surface area (Å²) in [5.74, 6) is 2.69. The van der Waals surface area contributed by atoms with Gasteiger partial charge in [-0.05, 0) is 30.8 Å². The highest BCUT2D eigenvalue weighted by Crippen LogP contribution is 2.40. The Morgan fingerprint density at radius 2 is 1.54 bits per heavy atom. The van der Waals surface area contributed by atoms with E-state index in [1.807, 2.05) is 24.3 Å². The first-order valence-electron chi connectivity index (χ1n) is 9.83. The predicted molar refractivity (Wildman–Crippen MR) is 115 cm³/mol. The van der Waals surface area contributed by atoms with Gasteiger partial charge in [-0.1, -0.05) is 31.2 Å². The molecule has 0 atom stereocenters. The third-order valence-electron chi connectivity index (χ3n) is 5.53. The van der Waals surface area contributed by atoms with E-state index in [1.54, 1.807) is 14.2 Å². The maximum atomic E-state index is 5.83. The molecule has 1 fully saturated rings. The quantitative estimate of drug-likeness (QED) is 0.670. The van der Waals surface area contributed by atoms with Gasteiger partial charge in [-0.15, -0.1) is 0 Å². The summed E-state index contributed by atoms with van der Waals surface area (Å²) in [6, 6.07) is 16.4. The lowest BCUT2D eigenvalue weighted by atomic mass is 10.0. The molecule has 5 nitrogen and oxygen atoms in total. The highest BCUT2D eigenvalue weighted by molar-refractivity contribution is 6.00. The summed E-state index contributed by atoms with van der Waals surface area (Å²) in [5, 5.41) is 2.24. The monoisotopic (exact) mass is 377 g/mol. The van der Waals surface area contributed by atoms with Gasteiger partial charge in [-0.25, -0.2) is 4.98 Å². The first kappa shape index (κ1) is 18.6. The molecule has 0 amide bonds. The second-order valence-electron chi connectivity index (χ2n) is 7.01. The largest absolute Gasteiger partial charge is 0.497 e. The number of ether oxygens (including phenoxy) is 2. The van der Waals surface area contributed by atoms with Crippen molar-refractivity contribution in [2.24, 2.45) is 0 Å². The van der Waals surface area contributed by atoms with Gasteiger partial charge < -0.3 is 19.3 Å². The van der Waals surface area contributed by atoms with Gasteiger partial charge in [-0.3, -0.25) is 0 Å². The van der Waals surface area contributed by atoms with Gasteiger partial charge in [0.1, 0.15) is 17.3 Å². The molecule has 0 N–H and O–H groups in total. The first-order chi connectivity index (χ1) is 13.7. The van der Waals surface area contributed by atoms with E-state index < -0.39 is 0 Å². The number of hydrogen-bond donors (Lipinski definition) is 0. The number of benzene rings is 2. The van der Waals surface area contributed by atoms with Gasteiger partial charge in [0.15, 0.2) is 5.75 Å². The Kier molecular flexibility index (Phi) is 5.35. The second kappa shape index (κ2) is 8.07. The molecule has 0 radical (unpaired) electrons. The van der Waals surface area contributed by atoms with E-state index in [0.29, 0.717) is 0 Å². The fourth-order valence-electron chi connectivity index (χ4n) is 3.89. The molecule has 1 saturated heterocycles. The summed E-state index contributed by atoms with van der Waals surface area (Å²) in [5.41, 5.74) is 1.90. The first-order valence-corrected chi connectivity index (χ1v) is 9.83. The van der Waals surface area contributed by atoms with E-state index in [1.165, 1.54) is 0 Å². The lowest BCUT2D eigenvalue weighted by Crippen LogP contribution is -2.46. The van der Waals surface area contributed by atoms with Crippen LogP contribution in [0.1, 0.15) is 6.92 Å². The van der Waals surface area contributed by atoms with Gasteiger partial charge in [0.05, 0.1) is 14.2 Å². The molecule has 4 rings (SSSR count). The molecule has 0 unspecified atom stereocenters. The van der Waals surface area contributed by atoms with Gasteiger partial charge in [0, 0.05) is 42.5 Å². The highest BCUT2D eigenvalue weighted by atomic mass is 16.5. The number of nitrogens with zero attached hydrogens (tertiary/aromatic N) is 3. The lowest BCUT2D eigenvalue weighted by molar-refractivity contribution is 0.271. The molecule has 5 heteroatoms. The molecule has 3 aromatic rings. The summed E-state index contributed by atoms with van der Waals surface area (Å²) in [4.78, 5) is 10.00. The van der Waals surface area contributed by atoms with E-state index in [2.05, 4.69) is 41.0 Å². The van der Waals surface area contributed by atoms with Crippen LogP contribution in [0.3, 0.4) is 0 Å². The molecule has 0 saturated carbocycles. The minimum atomic E-state index is 0.816. The maximum Gasteiger partial charge on any atom is 0.153 e. The Hall–Kier alpha value is -2.79. The lowest BCUT2D eigenvalue weighted by Gasteiger charge is -2.35. The summed E-state index contributed by atoms with van der Waals surface area (Å²) >= 11 is 0. The third-order valence-corrected chi connectivity index (χ3v) is 5.53. The fraction of sp³-hybridized carbons (Fsp3) is 0.348. The van der Waals surface area contributed by atoms with Crippen LogP contribution in [0.4, 0.5) is 5.82 Å². The molecule has 0 aliphatic carbocycles. The Bertz CT molecular complexity index is 948. The summed E-state index contributed by atoms with van der Waals surface area (Å²) in [6.07, 6.45) is 0. The van der Waals surface area contributed by atoms with Crippen LogP contribution >= 0.6 is 0 Å². The topological polar surface area (TPSA) is 37.8 Å². The normalized spacial score (nSPS) is 15.0. The number of hydrogen-bond acceptors (Lipinski definition) is 5. The molecule has 2 heterocycles. The maximum absolute atomic E-state index is 5.83. The molecular weight excluding hydrogens is 350 g/mol. The van der Waals surface area contributed by atoms with Crippen molar-refractivity contribution in [2.75, 3.05) is 51.8 Å². The van der Waals surface area contributed by atoms with Gasteiger partial charge in [0.2, 0.25) is 0 Å². The molecule has 2 aromatic carbocycles. The van der Waals surface area contributed by atoms with E-state index in [4.69, 9.17) is 14.5 Å². The Morgan fingerprint density at radius 1 is 0.857 bits per heavy atom. The highest BCUT2D eigenvalue weighted by Gasteiger charge is 2.22. The smallest absolute Gasteiger partial charge is 0.153 e. The number of fused-ring (bicyclic) bond motifs is 1. The molecule has 0 spiro atoms. The minimum absolute atomic E-state index is 0.816. The Balaban J connectivity index is 1.85. The van der Waals surface area contributed by atoms with Crippen molar-refractivity contribution in [3.05, 3.63) is 48.5 Å². The van der Waals surface area contributed by atoms with Crippen molar-refractivity contribution >= 4 is 16.6 Å². The van der Waals surface area contributed by atoms with Crippen molar-refractivity contribution in [1.29, 1.82) is 0 Å². The molecule has 1 aliphatic rings. The molecule has 28 heavy (non-hydrogen) atoms. The number of pyridine rings is 1. The van der Waals surface area contributed by atoms with Crippen molar-refractivity contribution < 1.29 is 9.47 Å². The average molecular weight is 377 g/mol. The Morgan fingerprint density at radius 3 is 2.14 bits per heavy atom. The van der Waals surface area contributed by atoms with Crippen molar-refractivity contribution in [3.63, 3.8) is 0 Å². The number of likely N-dealkylation sites (N-methyl/N-ethyl adjacent to an activating group) is 1. The zero-order valence-electron chi connectivity index (χ0n) is 16.8. The van der Waals surface area contributed by atoms with E-state index in [9.17, 15) is 0 Å². The number of anilines is 1. The van der Waals surface area contributed by atoms with E-state index in [0.717, 1.165) is 72.1 Å². The van der Waals surface area contributed by atoms with E-state index >= 15 is 0 Å². The summed E-state index contributed by atoms with van der Waals surface area (Å²) in [6.45, 7) is 7.42. The van der Waals surface area contributed by atoms with Crippen LogP contribution in [-0.4, -0.2) is 56.8 Å². The van der Waals surface area contributed by atoms with Crippen LogP contribution in [0, 0.1) is 0 Å². The Labute approximate surface area is 166 Å². The van der Waals surface area contributed by atoms with Crippen LogP contribution in [-0.2, 0) is 0 Å². The second-order valence-corrected chi connectivity index (χ2v) is 7.01. The van der Waals surface area contributed by atoms with Gasteiger partial charge in [-0.2, -0.15) is 0 Å². The molecule has 146 valence electrons. The van der Waals surface area contributed by atoms with Crippen molar-refractivity contribution in [3.8, 4) is 22.8 Å². The standard InChI is InChI=1S/C23H27N3O2/c1-4-25-13-15-26(16-14-25)23-20-8-6-5-7-19(20)22(28-3)21(24-23)17-9-11-18(27-2)12-10-17/h5-12H,4,13-16H2,1-3H3. The number of rotatable bonds is 5. The van der Waals surface area contributed by atoms with Crippen molar-refractivity contribution in [1.82, 2.24) is 9.88 Å².